The quantitative estimate of drug-likeness (QED) is 0.845. The molecule has 2 rings (SSSR count). The Kier molecular flexibility index (Phi) is 4.85. The number of carbonyl (C=O) groups excluding carboxylic acids is 1. The van der Waals surface area contributed by atoms with Crippen molar-refractivity contribution in [1.29, 1.82) is 5.26 Å². The van der Waals surface area contributed by atoms with Crippen molar-refractivity contribution in [2.24, 2.45) is 7.05 Å². The maximum absolute atomic E-state index is 12.1. The lowest BCUT2D eigenvalue weighted by atomic mass is 10.2. The minimum atomic E-state index is -3.98. The molecule has 0 bridgehead atoms. The Morgan fingerprint density at radius 1 is 1.29 bits per heavy atom. The van der Waals surface area contributed by atoms with Gasteiger partial charge in [-0.15, -0.1) is 0 Å². The van der Waals surface area contributed by atoms with E-state index in [0.717, 1.165) is 23.0 Å². The Morgan fingerprint density at radius 2 is 1.92 bits per heavy atom. The van der Waals surface area contributed by atoms with Crippen molar-refractivity contribution in [3.63, 3.8) is 0 Å². The first-order chi connectivity index (χ1) is 11.2. The van der Waals surface area contributed by atoms with Crippen molar-refractivity contribution >= 4 is 22.0 Å². The molecule has 0 saturated heterocycles. The Balaban J connectivity index is 2.16. The number of nitrogens with zero attached hydrogens (tertiary/aromatic N) is 3. The van der Waals surface area contributed by atoms with Gasteiger partial charge in [0.2, 0.25) is 0 Å². The number of rotatable bonds is 4. The molecule has 1 N–H and O–H groups in total. The second kappa shape index (κ2) is 6.68. The SMILES string of the molecule is Cc1nn(C)c(C)c1C=CC(=O)NS(=O)(=O)c1ccc(C#N)cc1. The van der Waals surface area contributed by atoms with Gasteiger partial charge in [-0.25, -0.2) is 13.1 Å². The average Bonchev–Trinajstić information content (AvgIpc) is 2.77. The highest BCUT2D eigenvalue weighted by atomic mass is 32.2. The van der Waals surface area contributed by atoms with Crippen LogP contribution in [0, 0.1) is 25.2 Å². The van der Waals surface area contributed by atoms with Crippen molar-refractivity contribution in [3.8, 4) is 6.07 Å². The van der Waals surface area contributed by atoms with Crippen LogP contribution in [0.4, 0.5) is 0 Å². The van der Waals surface area contributed by atoms with E-state index in [0.29, 0.717) is 5.56 Å². The summed E-state index contributed by atoms with van der Waals surface area (Å²) >= 11 is 0. The van der Waals surface area contributed by atoms with Gasteiger partial charge in [-0.05, 0) is 44.2 Å². The molecule has 1 aromatic heterocycles. The molecular weight excluding hydrogens is 328 g/mol. The first-order valence-corrected chi connectivity index (χ1v) is 8.48. The van der Waals surface area contributed by atoms with Crippen LogP contribution in [0.25, 0.3) is 6.08 Å². The van der Waals surface area contributed by atoms with Crippen molar-refractivity contribution in [3.05, 3.63) is 52.9 Å². The van der Waals surface area contributed by atoms with Gasteiger partial charge in [0, 0.05) is 24.4 Å². The molecule has 2 aromatic rings. The number of aryl methyl sites for hydroxylation is 2. The van der Waals surface area contributed by atoms with E-state index in [-0.39, 0.29) is 4.90 Å². The molecule has 8 heteroatoms. The predicted octanol–water partition coefficient (Wildman–Crippen LogP) is 1.43. The van der Waals surface area contributed by atoms with Crippen molar-refractivity contribution in [2.45, 2.75) is 18.7 Å². The number of aromatic nitrogens is 2. The van der Waals surface area contributed by atoms with Gasteiger partial charge in [0.25, 0.3) is 15.9 Å². The van der Waals surface area contributed by atoms with Crippen LogP contribution in [-0.4, -0.2) is 24.1 Å². The normalized spacial score (nSPS) is 11.4. The summed E-state index contributed by atoms with van der Waals surface area (Å²) in [5.41, 5.74) is 2.71. The summed E-state index contributed by atoms with van der Waals surface area (Å²) in [4.78, 5) is 11.8. The zero-order valence-corrected chi connectivity index (χ0v) is 14.3. The highest BCUT2D eigenvalue weighted by Crippen LogP contribution is 2.14. The largest absolute Gasteiger partial charge is 0.272 e. The molecule has 0 aliphatic carbocycles. The predicted molar refractivity (Wildman–Crippen MR) is 88.2 cm³/mol. The third-order valence-corrected chi connectivity index (χ3v) is 4.86. The fourth-order valence-corrected chi connectivity index (χ4v) is 3.07. The molecule has 0 fully saturated rings. The molecule has 24 heavy (non-hydrogen) atoms. The highest BCUT2D eigenvalue weighted by molar-refractivity contribution is 7.90. The standard InChI is InChI=1S/C16H16N4O3S/c1-11-15(12(2)20(3)18-11)8-9-16(21)19-24(22,23)14-6-4-13(10-17)5-7-14/h4-9H,1-3H3,(H,19,21). The van der Waals surface area contributed by atoms with E-state index in [1.807, 2.05) is 17.7 Å². The number of nitrogens with one attached hydrogen (secondary N) is 1. The van der Waals surface area contributed by atoms with Gasteiger partial charge in [0.05, 0.1) is 22.2 Å². The topological polar surface area (TPSA) is 105 Å². The molecule has 124 valence electrons. The van der Waals surface area contributed by atoms with Crippen LogP contribution in [0.3, 0.4) is 0 Å². The van der Waals surface area contributed by atoms with Crippen molar-refractivity contribution in [1.82, 2.24) is 14.5 Å². The van der Waals surface area contributed by atoms with Crippen LogP contribution in [0.2, 0.25) is 0 Å². The van der Waals surface area contributed by atoms with Crippen molar-refractivity contribution in [2.75, 3.05) is 0 Å². The second-order valence-electron chi connectivity index (χ2n) is 5.15. The van der Waals surface area contributed by atoms with Crippen LogP contribution in [-0.2, 0) is 21.9 Å². The van der Waals surface area contributed by atoms with Crippen LogP contribution >= 0.6 is 0 Å². The summed E-state index contributed by atoms with van der Waals surface area (Å²) < 4.78 is 27.9. The molecule has 0 aliphatic heterocycles. The number of amides is 1. The number of sulfonamides is 1. The molecule has 1 heterocycles. The van der Waals surface area contributed by atoms with Crippen LogP contribution in [0.5, 0.6) is 0 Å². The number of carbonyl (C=O) groups is 1. The number of nitriles is 1. The Bertz CT molecular complexity index is 948. The molecule has 0 unspecified atom stereocenters. The van der Waals surface area contributed by atoms with E-state index in [2.05, 4.69) is 5.10 Å². The minimum absolute atomic E-state index is 0.0861. The third-order valence-electron chi connectivity index (χ3n) is 3.50. The lowest BCUT2D eigenvalue weighted by Gasteiger charge is -2.04. The summed E-state index contributed by atoms with van der Waals surface area (Å²) in [7, 11) is -2.20. The highest BCUT2D eigenvalue weighted by Gasteiger charge is 2.16. The molecule has 7 nitrogen and oxygen atoms in total. The van der Waals surface area contributed by atoms with Gasteiger partial charge in [0.15, 0.2) is 0 Å². The molecular formula is C16H16N4O3S. The summed E-state index contributed by atoms with van der Waals surface area (Å²) in [5.74, 6) is -0.762. The van der Waals surface area contributed by atoms with Crippen LogP contribution in [0.15, 0.2) is 35.2 Å². The van der Waals surface area contributed by atoms with E-state index in [1.165, 1.54) is 30.3 Å². The maximum atomic E-state index is 12.1. The Labute approximate surface area is 140 Å². The molecule has 0 aliphatic rings. The van der Waals surface area contributed by atoms with Crippen LogP contribution < -0.4 is 4.72 Å². The molecule has 0 radical (unpaired) electrons. The fraction of sp³-hybridized carbons (Fsp3) is 0.188. The van der Waals surface area contributed by atoms with E-state index < -0.39 is 15.9 Å². The number of hydrogen-bond acceptors (Lipinski definition) is 5. The van der Waals surface area contributed by atoms with E-state index >= 15 is 0 Å². The zero-order chi connectivity index (χ0) is 17.9. The monoisotopic (exact) mass is 344 g/mol. The van der Waals surface area contributed by atoms with Gasteiger partial charge in [-0.3, -0.25) is 9.48 Å². The minimum Gasteiger partial charge on any atom is -0.272 e. The summed E-state index contributed by atoms with van der Waals surface area (Å²) in [6, 6.07) is 7.18. The lowest BCUT2D eigenvalue weighted by Crippen LogP contribution is -2.28. The molecule has 1 aromatic carbocycles. The first kappa shape index (κ1) is 17.4. The van der Waals surface area contributed by atoms with E-state index in [9.17, 15) is 13.2 Å². The number of benzene rings is 1. The van der Waals surface area contributed by atoms with Gasteiger partial charge in [-0.2, -0.15) is 10.4 Å². The van der Waals surface area contributed by atoms with Gasteiger partial charge in [0.1, 0.15) is 0 Å². The molecule has 0 saturated carbocycles. The average molecular weight is 344 g/mol. The smallest absolute Gasteiger partial charge is 0.264 e. The summed E-state index contributed by atoms with van der Waals surface area (Å²) in [5, 5.41) is 12.9. The summed E-state index contributed by atoms with van der Waals surface area (Å²) in [6.07, 6.45) is 2.68. The first-order valence-electron chi connectivity index (χ1n) is 7.00. The zero-order valence-electron chi connectivity index (χ0n) is 13.4. The fourth-order valence-electron chi connectivity index (χ4n) is 2.12. The molecule has 0 spiro atoms. The Morgan fingerprint density at radius 3 is 2.42 bits per heavy atom. The summed E-state index contributed by atoms with van der Waals surface area (Å²) in [6.45, 7) is 3.66. The second-order valence-corrected chi connectivity index (χ2v) is 6.83. The number of hydrogen-bond donors (Lipinski definition) is 1. The van der Waals surface area contributed by atoms with Crippen molar-refractivity contribution < 1.29 is 13.2 Å². The van der Waals surface area contributed by atoms with Gasteiger partial charge < -0.3 is 0 Å². The van der Waals surface area contributed by atoms with E-state index in [4.69, 9.17) is 5.26 Å². The maximum Gasteiger partial charge on any atom is 0.264 e. The van der Waals surface area contributed by atoms with Gasteiger partial charge >= 0.3 is 0 Å². The molecule has 1 amide bonds. The van der Waals surface area contributed by atoms with Gasteiger partial charge in [-0.1, -0.05) is 0 Å². The van der Waals surface area contributed by atoms with Crippen LogP contribution in [0.1, 0.15) is 22.5 Å². The Hall–Kier alpha value is -2.92. The van der Waals surface area contributed by atoms with E-state index in [1.54, 1.807) is 18.7 Å². The third kappa shape index (κ3) is 3.70. The molecule has 0 atom stereocenters. The lowest BCUT2D eigenvalue weighted by molar-refractivity contribution is -0.114.